The minimum absolute atomic E-state index is 0.158. The van der Waals surface area contributed by atoms with Gasteiger partial charge in [-0.2, -0.15) is 0 Å². The van der Waals surface area contributed by atoms with Crippen molar-refractivity contribution in [2.45, 2.75) is 12.8 Å². The Kier molecular flexibility index (Phi) is 4.47. The molecule has 0 aromatic heterocycles. The third kappa shape index (κ3) is 3.28. The molecule has 0 saturated carbocycles. The van der Waals surface area contributed by atoms with Crippen LogP contribution in [0.2, 0.25) is 5.02 Å². The van der Waals surface area contributed by atoms with Gasteiger partial charge in [0, 0.05) is 22.6 Å². The Morgan fingerprint density at radius 1 is 1.42 bits per heavy atom. The Balaban J connectivity index is 2.17. The average Bonchev–Trinajstić information content (AvgIpc) is 2.38. The van der Waals surface area contributed by atoms with Crippen LogP contribution in [0.15, 0.2) is 22.7 Å². The number of aliphatic carboxylic acids is 1. The molecule has 0 spiro atoms. The van der Waals surface area contributed by atoms with Crippen molar-refractivity contribution in [3.8, 4) is 0 Å². The number of carbonyl (C=O) groups is 2. The molecule has 1 aromatic rings. The molecule has 102 valence electrons. The summed E-state index contributed by atoms with van der Waals surface area (Å²) in [5.41, 5.74) is 0.510. The van der Waals surface area contributed by atoms with Crippen molar-refractivity contribution in [2.75, 3.05) is 13.1 Å². The van der Waals surface area contributed by atoms with Crippen molar-refractivity contribution < 1.29 is 14.7 Å². The van der Waals surface area contributed by atoms with E-state index in [1.807, 2.05) is 0 Å². The van der Waals surface area contributed by atoms with Crippen LogP contribution >= 0.6 is 27.5 Å². The molecule has 1 aliphatic rings. The molecule has 1 aromatic carbocycles. The van der Waals surface area contributed by atoms with Crippen LogP contribution in [0.4, 0.5) is 0 Å². The SMILES string of the molecule is O=C(O)[C@@H]1CCCN(C(=O)c2ccc(Cl)cc2Br)C1. The monoisotopic (exact) mass is 345 g/mol. The number of piperidine rings is 1. The molecule has 6 heteroatoms. The van der Waals surface area contributed by atoms with Crippen molar-refractivity contribution in [3.05, 3.63) is 33.3 Å². The second kappa shape index (κ2) is 5.92. The summed E-state index contributed by atoms with van der Waals surface area (Å²) >= 11 is 9.15. The smallest absolute Gasteiger partial charge is 0.308 e. The molecule has 0 unspecified atom stereocenters. The molecule has 1 saturated heterocycles. The quantitative estimate of drug-likeness (QED) is 0.895. The summed E-state index contributed by atoms with van der Waals surface area (Å²) < 4.78 is 0.627. The van der Waals surface area contributed by atoms with Gasteiger partial charge in [-0.1, -0.05) is 11.6 Å². The van der Waals surface area contributed by atoms with Crippen molar-refractivity contribution in [2.24, 2.45) is 5.92 Å². The molecular weight excluding hydrogens is 334 g/mol. The summed E-state index contributed by atoms with van der Waals surface area (Å²) in [7, 11) is 0. The second-order valence-corrected chi connectivity index (χ2v) is 5.84. The number of hydrogen-bond acceptors (Lipinski definition) is 2. The number of carbonyl (C=O) groups excluding carboxylic acids is 1. The van der Waals surface area contributed by atoms with Gasteiger partial charge in [0.15, 0.2) is 0 Å². The third-order valence-corrected chi connectivity index (χ3v) is 4.11. The molecular formula is C13H13BrClNO3. The standard InChI is InChI=1S/C13H13BrClNO3/c14-11-6-9(15)3-4-10(11)12(17)16-5-1-2-8(7-16)13(18)19/h3-4,6,8H,1-2,5,7H2,(H,18,19)/t8-/m1/s1. The van der Waals surface area contributed by atoms with Crippen LogP contribution < -0.4 is 0 Å². The van der Waals surface area contributed by atoms with Gasteiger partial charge < -0.3 is 10.0 Å². The molecule has 1 fully saturated rings. The number of rotatable bonds is 2. The number of halogens is 2. The highest BCUT2D eigenvalue weighted by atomic mass is 79.9. The van der Waals surface area contributed by atoms with E-state index in [2.05, 4.69) is 15.9 Å². The van der Waals surface area contributed by atoms with Gasteiger partial charge in [-0.25, -0.2) is 0 Å². The van der Waals surface area contributed by atoms with Crippen molar-refractivity contribution in [3.63, 3.8) is 0 Å². The highest BCUT2D eigenvalue weighted by Crippen LogP contribution is 2.25. The van der Waals surface area contributed by atoms with E-state index in [0.717, 1.165) is 0 Å². The Morgan fingerprint density at radius 2 is 2.16 bits per heavy atom. The first kappa shape index (κ1) is 14.3. The van der Waals surface area contributed by atoms with Crippen LogP contribution in [-0.2, 0) is 4.79 Å². The zero-order valence-corrected chi connectivity index (χ0v) is 12.4. The van der Waals surface area contributed by atoms with Gasteiger partial charge in [0.2, 0.25) is 0 Å². The number of carboxylic acids is 1. The van der Waals surface area contributed by atoms with Crippen LogP contribution in [0.3, 0.4) is 0 Å². The third-order valence-electron chi connectivity index (χ3n) is 3.22. The van der Waals surface area contributed by atoms with Crippen LogP contribution in [0.1, 0.15) is 23.2 Å². The maximum absolute atomic E-state index is 12.4. The summed E-state index contributed by atoms with van der Waals surface area (Å²) in [5, 5.41) is 9.58. The fourth-order valence-electron chi connectivity index (χ4n) is 2.20. The van der Waals surface area contributed by atoms with Gasteiger partial charge in [-0.15, -0.1) is 0 Å². The van der Waals surface area contributed by atoms with Crippen LogP contribution in [0, 0.1) is 5.92 Å². The van der Waals surface area contributed by atoms with E-state index in [1.165, 1.54) is 0 Å². The Morgan fingerprint density at radius 3 is 2.79 bits per heavy atom. The van der Waals surface area contributed by atoms with E-state index < -0.39 is 11.9 Å². The number of hydrogen-bond donors (Lipinski definition) is 1. The molecule has 19 heavy (non-hydrogen) atoms. The Bertz CT molecular complexity index is 521. The van der Waals surface area contributed by atoms with E-state index in [-0.39, 0.29) is 12.5 Å². The van der Waals surface area contributed by atoms with Gasteiger partial charge in [0.1, 0.15) is 0 Å². The van der Waals surface area contributed by atoms with Crippen LogP contribution in [0.5, 0.6) is 0 Å². The first-order chi connectivity index (χ1) is 8.99. The summed E-state index contributed by atoms with van der Waals surface area (Å²) in [6, 6.07) is 4.96. The van der Waals surface area contributed by atoms with Gasteiger partial charge in [-0.05, 0) is 47.0 Å². The average molecular weight is 347 g/mol. The molecule has 1 atom stereocenters. The molecule has 1 amide bonds. The second-order valence-electron chi connectivity index (χ2n) is 4.55. The molecule has 0 radical (unpaired) electrons. The number of amides is 1. The molecule has 2 rings (SSSR count). The zero-order valence-electron chi connectivity index (χ0n) is 10.1. The number of nitrogens with zero attached hydrogens (tertiary/aromatic N) is 1. The summed E-state index contributed by atoms with van der Waals surface area (Å²) in [6.45, 7) is 0.862. The van der Waals surface area contributed by atoms with E-state index >= 15 is 0 Å². The maximum atomic E-state index is 12.4. The van der Waals surface area contributed by atoms with Crippen molar-refractivity contribution in [1.82, 2.24) is 4.90 Å². The van der Waals surface area contributed by atoms with Crippen molar-refractivity contribution >= 4 is 39.4 Å². The lowest BCUT2D eigenvalue weighted by atomic mass is 9.97. The number of likely N-dealkylation sites (tertiary alicyclic amines) is 1. The zero-order chi connectivity index (χ0) is 14.0. The molecule has 0 aliphatic carbocycles. The van der Waals surface area contributed by atoms with Crippen LogP contribution in [0.25, 0.3) is 0 Å². The first-order valence-electron chi connectivity index (χ1n) is 5.96. The maximum Gasteiger partial charge on any atom is 0.308 e. The number of benzene rings is 1. The lowest BCUT2D eigenvalue weighted by molar-refractivity contribution is -0.143. The summed E-state index contributed by atoms with van der Waals surface area (Å²) in [6.07, 6.45) is 1.34. The molecule has 1 heterocycles. The van der Waals surface area contributed by atoms with Gasteiger partial charge in [0.05, 0.1) is 11.5 Å². The molecule has 0 bridgehead atoms. The molecule has 1 aliphatic heterocycles. The lowest BCUT2D eigenvalue weighted by Crippen LogP contribution is -2.42. The van der Waals surface area contributed by atoms with E-state index in [0.29, 0.717) is 34.4 Å². The van der Waals surface area contributed by atoms with Crippen molar-refractivity contribution in [1.29, 1.82) is 0 Å². The summed E-state index contributed by atoms with van der Waals surface area (Å²) in [4.78, 5) is 25.0. The predicted molar refractivity (Wildman–Crippen MR) is 75.4 cm³/mol. The number of carboxylic acid groups (broad SMARTS) is 1. The minimum atomic E-state index is -0.840. The Labute approximate surface area is 124 Å². The largest absolute Gasteiger partial charge is 0.481 e. The van der Waals surface area contributed by atoms with Gasteiger partial charge >= 0.3 is 5.97 Å². The summed E-state index contributed by atoms with van der Waals surface area (Å²) in [5.74, 6) is -1.47. The fraction of sp³-hybridized carbons (Fsp3) is 0.385. The van der Waals surface area contributed by atoms with E-state index in [1.54, 1.807) is 23.1 Å². The van der Waals surface area contributed by atoms with E-state index in [4.69, 9.17) is 16.7 Å². The first-order valence-corrected chi connectivity index (χ1v) is 7.13. The predicted octanol–water partition coefficient (Wildman–Crippen LogP) is 3.04. The van der Waals surface area contributed by atoms with Gasteiger partial charge in [-0.3, -0.25) is 9.59 Å². The topological polar surface area (TPSA) is 57.6 Å². The molecule has 1 N–H and O–H groups in total. The lowest BCUT2D eigenvalue weighted by Gasteiger charge is -2.31. The highest BCUT2D eigenvalue weighted by molar-refractivity contribution is 9.10. The minimum Gasteiger partial charge on any atom is -0.481 e. The fourth-order valence-corrected chi connectivity index (χ4v) is 3.05. The highest BCUT2D eigenvalue weighted by Gasteiger charge is 2.29. The van der Waals surface area contributed by atoms with Gasteiger partial charge in [0.25, 0.3) is 5.91 Å². The normalized spacial score (nSPS) is 19.3. The van der Waals surface area contributed by atoms with E-state index in [9.17, 15) is 9.59 Å². The Hall–Kier alpha value is -1.07. The molecule has 4 nitrogen and oxygen atoms in total. The van der Waals surface area contributed by atoms with Crippen LogP contribution in [-0.4, -0.2) is 35.0 Å².